The van der Waals surface area contributed by atoms with Crippen LogP contribution >= 0.6 is 0 Å². The molecule has 5 heterocycles. The minimum absolute atomic E-state index is 0. The lowest BCUT2D eigenvalue weighted by molar-refractivity contribution is -0.124. The fourth-order valence-corrected chi connectivity index (χ4v) is 89.7. The van der Waals surface area contributed by atoms with Gasteiger partial charge in [-0.05, 0) is 236 Å². The van der Waals surface area contributed by atoms with Crippen LogP contribution in [0, 0.1) is 0 Å². The van der Waals surface area contributed by atoms with Crippen LogP contribution in [0.5, 0.6) is 0 Å². The second-order valence-electron chi connectivity index (χ2n) is 53.3. The monoisotopic (exact) mass is 2300 g/mol. The van der Waals surface area contributed by atoms with E-state index in [1.54, 1.807) is 26.5 Å². The summed E-state index contributed by atoms with van der Waals surface area (Å²) in [4.78, 5) is 35.4. The van der Waals surface area contributed by atoms with Gasteiger partial charge in [0.1, 0.15) is 71.0 Å². The van der Waals surface area contributed by atoms with Crippen LogP contribution < -0.4 is 57.1 Å². The third-order valence-corrected chi connectivity index (χ3v) is 86.3. The summed E-state index contributed by atoms with van der Waals surface area (Å²) in [5.41, 5.74) is 0. The van der Waals surface area contributed by atoms with Crippen molar-refractivity contribution in [1.29, 1.82) is 0 Å². The zero-order chi connectivity index (χ0) is 110. The number of nitrogens with one attached hydrogen (secondary N) is 12. The maximum Gasteiger partial charge on any atom is 0.243 e. The number of rotatable bonds is 22. The molecule has 2 saturated heterocycles. The molecule has 5 rings (SSSR count). The van der Waals surface area contributed by atoms with Gasteiger partial charge in [0.05, 0.1) is 6.33 Å². The van der Waals surface area contributed by atoms with Gasteiger partial charge in [0.15, 0.2) is 114 Å². The van der Waals surface area contributed by atoms with Crippen LogP contribution in [-0.4, -0.2) is 306 Å². The zero-order valence-electron chi connectivity index (χ0n) is 103. The van der Waals surface area contributed by atoms with E-state index in [-0.39, 0.29) is 34.1 Å². The van der Waals surface area contributed by atoms with Crippen molar-refractivity contribution in [3.63, 3.8) is 0 Å². The Morgan fingerprint density at radius 2 is 0.746 bits per heavy atom. The van der Waals surface area contributed by atoms with Crippen LogP contribution in [0.2, 0.25) is 353 Å². The maximum absolute atomic E-state index is 10.8. The first kappa shape index (κ1) is 163. The molecule has 0 radical (unpaired) electrons. The third kappa shape index (κ3) is 109. The summed E-state index contributed by atoms with van der Waals surface area (Å²) in [5, 5.41) is 7.36. The Balaban J connectivity index is -0.000000124. The lowest BCUT2D eigenvalue weighted by Gasteiger charge is -2.49. The Labute approximate surface area is 887 Å². The fraction of sp³-hybridized carbons (Fsp3) is 0.868. The summed E-state index contributed by atoms with van der Waals surface area (Å²) in [6.07, 6.45) is 13.4. The molecule has 0 bridgehead atoms. The number of hydrogen-bond acceptors (Lipinski definition) is 21. The van der Waals surface area contributed by atoms with Gasteiger partial charge in [0.25, 0.3) is 0 Å². The summed E-state index contributed by atoms with van der Waals surface area (Å²) < 4.78 is 60.5. The second-order valence-corrected chi connectivity index (χ2v) is 150. The molecule has 834 valence electrons. The van der Waals surface area contributed by atoms with Gasteiger partial charge in [0.2, 0.25) is 20.1 Å². The molecule has 26 nitrogen and oxygen atoms in total. The number of imidazole rings is 1. The predicted molar refractivity (Wildman–Crippen MR) is 693 cm³/mol. The molecule has 12 N–H and O–H groups in total. The molecule has 0 atom stereocenters. The second kappa shape index (κ2) is 70.2. The first-order valence-corrected chi connectivity index (χ1v) is 118. The summed E-state index contributed by atoms with van der Waals surface area (Å²) >= 11 is 0. The number of aromatic nitrogens is 6. The normalized spacial score (nSPS) is 16.1. The van der Waals surface area contributed by atoms with Crippen molar-refractivity contribution in [3.05, 3.63) is 55.9 Å². The fourth-order valence-electron chi connectivity index (χ4n) is 14.3. The van der Waals surface area contributed by atoms with Crippen molar-refractivity contribution in [1.82, 2.24) is 103 Å². The van der Waals surface area contributed by atoms with Crippen molar-refractivity contribution in [2.45, 2.75) is 470 Å². The van der Waals surface area contributed by atoms with Crippen molar-refractivity contribution in [3.8, 4) is 0 Å². The highest BCUT2D eigenvalue weighted by molar-refractivity contribution is 7.06. The smallest absolute Gasteiger partial charge is 0.243 e. The molecule has 0 saturated carbocycles. The summed E-state index contributed by atoms with van der Waals surface area (Å²) in [7, 11) is -14.7. The quantitative estimate of drug-likeness (QED) is 0.0253. The maximum atomic E-state index is 10.8. The molecule has 138 heavy (non-hydrogen) atoms. The zero-order valence-corrected chi connectivity index (χ0v) is 124. The van der Waals surface area contributed by atoms with Crippen LogP contribution in [0.25, 0.3) is 0 Å². The van der Waals surface area contributed by atoms with Crippen LogP contribution in [0.4, 0.5) is 0 Å². The minimum atomic E-state index is -1.49. The van der Waals surface area contributed by atoms with E-state index < -0.39 is 175 Å². The Morgan fingerprint density at radius 1 is 0.428 bits per heavy atom. The van der Waals surface area contributed by atoms with Gasteiger partial charge < -0.3 is 88.3 Å². The molecule has 0 spiro atoms. The van der Waals surface area contributed by atoms with Crippen LogP contribution in [0.15, 0.2) is 60.6 Å². The molecule has 2 aliphatic rings. The van der Waals surface area contributed by atoms with Crippen LogP contribution in [-0.2, 0) is 14.0 Å². The molecule has 3 aromatic heterocycles. The number of hydrogen-bond donors (Lipinski definition) is 12. The van der Waals surface area contributed by atoms with Gasteiger partial charge in [-0.25, -0.2) is 9.97 Å². The molecule has 2 fully saturated rings. The van der Waals surface area contributed by atoms with E-state index in [4.69, 9.17) is 4.43 Å². The largest absolute Gasteiger partial charge is 0.535 e. The minimum Gasteiger partial charge on any atom is -0.535 e. The highest BCUT2D eigenvalue weighted by Crippen LogP contribution is 2.17. The van der Waals surface area contributed by atoms with E-state index in [2.05, 4.69) is 554 Å². The topological polar surface area (TPSA) is 267 Å². The van der Waals surface area contributed by atoms with Gasteiger partial charge in [-0.3, -0.25) is 18.6 Å². The van der Waals surface area contributed by atoms with Crippen molar-refractivity contribution in [2.75, 3.05) is 54.9 Å². The standard InChI is InChI=1S/C8H28N4Si4.C8H21NOSi2.C7H21NSi2.C7H13NSi.C7H19NSi.C6H21N3Si3.C6H12N2Si.C6H18N2Si.C6H15NOSi.C6H19NSi2.C6H15N.C5H11N3Si.C5H13NOSi.C5H15NSi.3CH4/c1-13(2)9-14(3,4)11-16(7,8)12-15(5,6)10-13;1-8(9-11(2,3)4)10-12(5,6)7;1-6-9(7-2)8-10(3,4)5;1-9(2,3)8-6-4-5-7-8;1-6-8(7-2)9(3,4)5;1-10(2)7-11(3,4)9-12(5,6)8-10;1-9(2,3)8-5-4-7-6-8;1-6-7-9(4,5)8(2)3;1-6(8)7(2)9(3,4)5;1-8(2,3)7-9(4,5)6;1-5(2)7-6(3)4;1-9(2,3)8-5-6-4-7-8;1-5(7)6-8(2,3)4;1-6(2)7(3,4)5;;;/h9-12H,1-8H3;1-7H3;8-9H,6-7H2,1-5H3;4-7H,1-3H3;6-7H2,1-5H3;7-9H,1-6H3;4-6H,1-3H3;7H,6H2,1-5H3;1-5H3;7H,1-6H3;5-7H,1-4H3;4-5H,1-3H3;1-4H3,(H,6,7);1-5H3;3*1H4. The number of nitrogens with zero attached hydrogens (tertiary/aromatic N) is 11. The van der Waals surface area contributed by atoms with Gasteiger partial charge in [-0.1, -0.05) is 273 Å². The van der Waals surface area contributed by atoms with Crippen LogP contribution in [0.1, 0.15) is 105 Å². The first-order valence-electron chi connectivity index (χ1n) is 50.4. The lowest BCUT2D eigenvalue weighted by Crippen LogP contribution is -2.87. The SMILES string of the molecule is C.C.C.CC(=N[Si](C)(C)C)O[Si](C)(C)C.CC(=O)N(C)[Si](C)(C)C.CC(=O)N[Si](C)(C)C.CC(C)NC(C)C.CCN(CC)[Si](C)(C)C.CCN[Si](C)(C)N(C)C.CC[SiH](CC)N[Si](C)(C)C.CN(C)[Si](C)(C)C.C[Si](C)(C)N[Si](C)(C)C.C[Si](C)(C)n1cccc1.C[Si](C)(C)n1ccnc1.C[Si](C)(C)n1cncn1.C[Si]1(C)N[Si](C)(C)N[Si](C)(C)N1.C[Si]1(C)N[Si](C)(C)N[Si](C)(C)N[Si](C)(C)N1. The number of carbonyl (C=O) groups excluding carboxylic acids is 2. The molecule has 3 aromatic rings. The van der Waals surface area contributed by atoms with Crippen LogP contribution in [0.3, 0.4) is 0 Å². The highest BCUT2D eigenvalue weighted by atomic mass is 28.5. The third-order valence-electron chi connectivity index (χ3n) is 18.9. The molecule has 2 amide bonds. The van der Waals surface area contributed by atoms with E-state index in [9.17, 15) is 9.59 Å². The van der Waals surface area contributed by atoms with E-state index in [1.807, 2.05) is 41.6 Å². The molecular formula is C91H253N23O3Si21. The number of carbonyl (C=O) groups is 2. The van der Waals surface area contributed by atoms with Crippen molar-refractivity contribution >= 4 is 193 Å². The summed E-state index contributed by atoms with van der Waals surface area (Å²) in [6.45, 7) is 148. The molecule has 0 unspecified atom stereocenters. The van der Waals surface area contributed by atoms with Crippen molar-refractivity contribution < 1.29 is 14.0 Å². The van der Waals surface area contributed by atoms with Gasteiger partial charge in [-0.15, -0.1) is 0 Å². The Hall–Kier alpha value is 0.0345. The average Bonchev–Trinajstić information content (AvgIpc) is 0.948. The Bertz CT molecular complexity index is 3250. The lowest BCUT2D eigenvalue weighted by atomic mass is 10.3. The molecule has 0 aliphatic carbocycles. The first-order chi connectivity index (χ1) is 58.9. The van der Waals surface area contributed by atoms with E-state index in [0.29, 0.717) is 12.1 Å². The van der Waals surface area contributed by atoms with Gasteiger partial charge >= 0.3 is 0 Å². The number of amides is 2. The van der Waals surface area contributed by atoms with Crippen molar-refractivity contribution in [2.24, 2.45) is 4.66 Å². The Morgan fingerprint density at radius 3 is 0.841 bits per heavy atom. The highest BCUT2D eigenvalue weighted by Gasteiger charge is 2.47. The van der Waals surface area contributed by atoms with E-state index >= 15 is 0 Å². The van der Waals surface area contributed by atoms with Gasteiger partial charge in [0, 0.05) is 52.3 Å². The molecule has 2 aliphatic heterocycles. The summed E-state index contributed by atoms with van der Waals surface area (Å²) in [5.74, 6) is 1.15. The van der Waals surface area contributed by atoms with E-state index in [1.165, 1.54) is 25.2 Å². The summed E-state index contributed by atoms with van der Waals surface area (Å²) in [6, 6.07) is 8.22. The Kier molecular flexibility index (Phi) is 83.0. The predicted octanol–water partition coefficient (Wildman–Crippen LogP) is 24.2. The van der Waals surface area contributed by atoms with E-state index in [0.717, 1.165) is 12.4 Å². The molecule has 47 heteroatoms. The average molecular weight is 2310 g/mol. The van der Waals surface area contributed by atoms with Gasteiger partial charge in [-0.2, -0.15) is 5.10 Å². The molecular weight excluding hydrogens is 2050 g/mol. The molecule has 0 aromatic carbocycles.